The first-order valence-corrected chi connectivity index (χ1v) is 25.8. The molecule has 0 radical (unpaired) electrons. The molecule has 17 nitrogen and oxygen atoms in total. The van der Waals surface area contributed by atoms with Crippen molar-refractivity contribution in [3.05, 3.63) is 251 Å². The van der Waals surface area contributed by atoms with Crippen LogP contribution in [-0.4, -0.2) is 115 Å². The standard InChI is InChI=1S/C61H49BrO17/c62-53-51(77-59(68)43-32-18-6-19-33-43)49(75-57(66)41-28-14-4-15-29-41)48(45(72-53)36-70-54(63)38-22-8-1-9-23-38)79-61-52(78-60(69)44-34-20-7-21-35-44)50(76-58(67)42-30-16-5-17-31-42)47(74-56(65)40-26-12-3-13-27-40)46(73-61)37-71-55(64)39-24-10-2-11-25-39/h1-35,45-53,61H,36-37H2/t45-,46-,47+,48-,49+,50+,51-,52-,53-,61+/m1/s1. The Morgan fingerprint density at radius 1 is 0.304 bits per heavy atom. The Morgan fingerprint density at radius 2 is 0.557 bits per heavy atom. The number of hydrogen-bond donors (Lipinski definition) is 0. The predicted octanol–water partition coefficient (Wildman–Crippen LogP) is 9.06. The third-order valence-electron chi connectivity index (χ3n) is 12.5. The van der Waals surface area contributed by atoms with Crippen molar-refractivity contribution >= 4 is 57.7 Å². The lowest BCUT2D eigenvalue weighted by Crippen LogP contribution is -2.66. The molecule has 2 saturated heterocycles. The normalized spacial score (nSPS) is 22.4. The molecule has 0 aliphatic carbocycles. The van der Waals surface area contributed by atoms with E-state index in [0.717, 1.165) is 0 Å². The van der Waals surface area contributed by atoms with Gasteiger partial charge in [0.05, 0.1) is 38.9 Å². The fourth-order valence-corrected chi connectivity index (χ4v) is 9.25. The highest BCUT2D eigenvalue weighted by Crippen LogP contribution is 2.38. The van der Waals surface area contributed by atoms with Gasteiger partial charge in [0.1, 0.15) is 31.5 Å². The van der Waals surface area contributed by atoms with E-state index >= 15 is 0 Å². The minimum absolute atomic E-state index is 0.0162. The number of rotatable bonds is 18. The number of halogens is 1. The molecule has 0 unspecified atom stereocenters. The third kappa shape index (κ3) is 14.0. The summed E-state index contributed by atoms with van der Waals surface area (Å²) in [5.41, 5.74) is 0.594. The molecule has 0 bridgehead atoms. The SMILES string of the molecule is O=C(OC[C@H]1O[C@@H](O[C@H]2[C@H](OC(=O)c3ccccc3)[C@@H](OC(=O)c3ccccc3)[C@H](Br)O[C@@H]2COC(=O)c2ccccc2)[C@H](OC(=O)c2ccccc2)[C@@H](OC(=O)c2ccccc2)[C@H]1OC(=O)c1ccccc1)c1ccccc1. The van der Waals surface area contributed by atoms with E-state index in [1.807, 2.05) is 0 Å². The maximum absolute atomic E-state index is 14.5. The van der Waals surface area contributed by atoms with E-state index in [4.69, 9.17) is 47.4 Å². The Bertz CT molecular complexity index is 3170. The molecular formula is C61H49BrO17. The molecule has 79 heavy (non-hydrogen) atoms. The van der Waals surface area contributed by atoms with E-state index in [-0.39, 0.29) is 38.9 Å². The van der Waals surface area contributed by atoms with Crippen LogP contribution in [-0.2, 0) is 47.4 Å². The van der Waals surface area contributed by atoms with E-state index in [9.17, 15) is 33.6 Å². The second kappa shape index (κ2) is 26.5. The molecule has 2 aliphatic rings. The largest absolute Gasteiger partial charge is 0.459 e. The van der Waals surface area contributed by atoms with Gasteiger partial charge in [-0.1, -0.05) is 143 Å². The summed E-state index contributed by atoms with van der Waals surface area (Å²) in [7, 11) is 0. The molecule has 2 fully saturated rings. The molecule has 2 aliphatic heterocycles. The quantitative estimate of drug-likeness (QED) is 0.0445. The molecule has 18 heteroatoms. The molecule has 0 aromatic heterocycles. The van der Waals surface area contributed by atoms with Crippen molar-refractivity contribution in [1.29, 1.82) is 0 Å². The van der Waals surface area contributed by atoms with Gasteiger partial charge in [-0.25, -0.2) is 33.6 Å². The van der Waals surface area contributed by atoms with Crippen molar-refractivity contribution in [2.75, 3.05) is 13.2 Å². The number of benzene rings is 7. The topological polar surface area (TPSA) is 212 Å². The number of ether oxygens (including phenoxy) is 10. The first-order chi connectivity index (χ1) is 38.5. The third-order valence-corrected chi connectivity index (χ3v) is 13.2. The molecule has 10 atom stereocenters. The van der Waals surface area contributed by atoms with Gasteiger partial charge in [0.25, 0.3) is 0 Å². The van der Waals surface area contributed by atoms with Gasteiger partial charge in [0.2, 0.25) is 0 Å². The zero-order chi connectivity index (χ0) is 55.1. The van der Waals surface area contributed by atoms with Crippen molar-refractivity contribution in [1.82, 2.24) is 0 Å². The summed E-state index contributed by atoms with van der Waals surface area (Å²) >= 11 is 3.49. The number of esters is 7. The van der Waals surface area contributed by atoms with Crippen molar-refractivity contribution in [3.8, 4) is 0 Å². The fraction of sp³-hybridized carbons (Fsp3) is 0.197. The summed E-state index contributed by atoms with van der Waals surface area (Å²) in [5, 5.41) is -1.31. The second-order valence-electron chi connectivity index (χ2n) is 17.8. The van der Waals surface area contributed by atoms with Gasteiger partial charge in [0.15, 0.2) is 41.8 Å². The average Bonchev–Trinajstić information content (AvgIpc) is 3.60. The van der Waals surface area contributed by atoms with Crippen LogP contribution in [0.2, 0.25) is 0 Å². The van der Waals surface area contributed by atoms with Crippen LogP contribution in [0.1, 0.15) is 72.5 Å². The monoisotopic (exact) mass is 1130 g/mol. The van der Waals surface area contributed by atoms with Crippen LogP contribution in [0.4, 0.5) is 0 Å². The molecular weight excluding hydrogens is 1080 g/mol. The van der Waals surface area contributed by atoms with Gasteiger partial charge in [0, 0.05) is 0 Å². The number of alkyl halides is 1. The summed E-state index contributed by atoms with van der Waals surface area (Å²) in [4.78, 5) is 98.9. The second-order valence-corrected chi connectivity index (χ2v) is 18.7. The van der Waals surface area contributed by atoms with Gasteiger partial charge in [-0.05, 0) is 84.9 Å². The van der Waals surface area contributed by atoms with Gasteiger partial charge >= 0.3 is 41.8 Å². The minimum atomic E-state index is -2.01. The van der Waals surface area contributed by atoms with Crippen LogP contribution in [0.3, 0.4) is 0 Å². The maximum atomic E-state index is 14.5. The van der Waals surface area contributed by atoms with Crippen LogP contribution in [0, 0.1) is 0 Å². The molecule has 7 aromatic rings. The predicted molar refractivity (Wildman–Crippen MR) is 283 cm³/mol. The van der Waals surface area contributed by atoms with E-state index in [0.29, 0.717) is 0 Å². The van der Waals surface area contributed by atoms with E-state index in [2.05, 4.69) is 15.9 Å². The minimum Gasteiger partial charge on any atom is -0.459 e. The van der Waals surface area contributed by atoms with E-state index in [1.165, 1.54) is 84.9 Å². The van der Waals surface area contributed by atoms with Crippen molar-refractivity contribution in [2.24, 2.45) is 0 Å². The highest BCUT2D eigenvalue weighted by molar-refractivity contribution is 9.09. The molecule has 2 heterocycles. The Morgan fingerprint density at radius 3 is 0.886 bits per heavy atom. The molecule has 0 spiro atoms. The highest BCUT2D eigenvalue weighted by atomic mass is 79.9. The summed E-state index contributed by atoms with van der Waals surface area (Å²) in [6.45, 7) is -1.34. The molecule has 0 saturated carbocycles. The van der Waals surface area contributed by atoms with Gasteiger partial charge in [-0.3, -0.25) is 0 Å². The molecule has 0 amide bonds. The lowest BCUT2D eigenvalue weighted by molar-refractivity contribution is -0.334. The smallest absolute Gasteiger partial charge is 0.338 e. The summed E-state index contributed by atoms with van der Waals surface area (Å²) in [5.74, 6) is -6.33. The maximum Gasteiger partial charge on any atom is 0.338 e. The first kappa shape index (κ1) is 55.0. The average molecular weight is 1130 g/mol. The van der Waals surface area contributed by atoms with Crippen molar-refractivity contribution in [3.63, 3.8) is 0 Å². The van der Waals surface area contributed by atoms with Gasteiger partial charge in [-0.15, -0.1) is 0 Å². The van der Waals surface area contributed by atoms with Crippen LogP contribution in [0.15, 0.2) is 212 Å². The van der Waals surface area contributed by atoms with Crippen molar-refractivity contribution < 1.29 is 80.9 Å². The van der Waals surface area contributed by atoms with Gasteiger partial charge in [-0.2, -0.15) is 0 Å². The van der Waals surface area contributed by atoms with Crippen LogP contribution in [0.25, 0.3) is 0 Å². The van der Waals surface area contributed by atoms with Gasteiger partial charge < -0.3 is 47.4 Å². The number of carbonyl (C=O) groups is 7. The Hall–Kier alpha value is -8.81. The Labute approximate surface area is 461 Å². The highest BCUT2D eigenvalue weighted by Gasteiger charge is 2.58. The Balaban J connectivity index is 1.18. The fourth-order valence-electron chi connectivity index (χ4n) is 8.56. The van der Waals surface area contributed by atoms with Crippen LogP contribution in [0.5, 0.6) is 0 Å². The van der Waals surface area contributed by atoms with E-state index in [1.54, 1.807) is 127 Å². The Kier molecular flexibility index (Phi) is 18.4. The lowest BCUT2D eigenvalue weighted by Gasteiger charge is -2.48. The summed E-state index contributed by atoms with van der Waals surface area (Å²) in [6, 6.07) is 55.1. The van der Waals surface area contributed by atoms with Crippen LogP contribution >= 0.6 is 15.9 Å². The summed E-state index contributed by atoms with van der Waals surface area (Å²) < 4.78 is 63.0. The molecule has 0 N–H and O–H groups in total. The zero-order valence-electron chi connectivity index (χ0n) is 41.7. The molecule has 9 rings (SSSR count). The summed E-state index contributed by atoms with van der Waals surface area (Å²) in [6.07, 6.45) is -15.7. The lowest BCUT2D eigenvalue weighted by atomic mass is 9.96. The number of carbonyl (C=O) groups excluding carboxylic acids is 7. The van der Waals surface area contributed by atoms with Crippen molar-refractivity contribution in [2.45, 2.75) is 60.1 Å². The zero-order valence-corrected chi connectivity index (χ0v) is 43.3. The molecule has 402 valence electrons. The van der Waals surface area contributed by atoms with E-state index < -0.39 is 115 Å². The van der Waals surface area contributed by atoms with Crippen LogP contribution < -0.4 is 0 Å². The number of hydrogen-bond acceptors (Lipinski definition) is 17. The first-order valence-electron chi connectivity index (χ1n) is 24.9. The molecule has 7 aromatic carbocycles.